The molecule has 0 atom stereocenters. The number of aromatic nitrogens is 1. The number of rotatable bonds is 8. The van der Waals surface area contributed by atoms with E-state index in [2.05, 4.69) is 10.3 Å². The minimum atomic E-state index is -3.99. The molecular formula is C21H21N3O5S2. The largest absolute Gasteiger partial charge is 0.495 e. The highest BCUT2D eigenvalue weighted by molar-refractivity contribution is 7.89. The fourth-order valence-corrected chi connectivity index (χ4v) is 3.96. The predicted molar refractivity (Wildman–Crippen MR) is 120 cm³/mol. The molecule has 0 spiro atoms. The molecule has 10 heteroatoms. The second-order valence-electron chi connectivity index (χ2n) is 6.45. The highest BCUT2D eigenvalue weighted by Crippen LogP contribution is 2.26. The number of nitrogens with one attached hydrogen (secondary N) is 1. The Hall–Kier alpha value is -3.21. The zero-order valence-corrected chi connectivity index (χ0v) is 18.5. The van der Waals surface area contributed by atoms with Crippen LogP contribution in [0.3, 0.4) is 0 Å². The minimum Gasteiger partial charge on any atom is -0.495 e. The number of anilines is 1. The van der Waals surface area contributed by atoms with Gasteiger partial charge in [0.05, 0.1) is 17.8 Å². The first kappa shape index (κ1) is 22.5. The summed E-state index contributed by atoms with van der Waals surface area (Å²) in [6.07, 6.45) is 2.97. The highest BCUT2D eigenvalue weighted by Gasteiger charge is 2.16. The molecule has 0 saturated heterocycles. The molecule has 0 aliphatic carbocycles. The van der Waals surface area contributed by atoms with Crippen LogP contribution in [0.5, 0.6) is 11.5 Å². The van der Waals surface area contributed by atoms with Gasteiger partial charge in [0, 0.05) is 17.1 Å². The van der Waals surface area contributed by atoms with Crippen LogP contribution in [-0.2, 0) is 21.4 Å². The number of ether oxygens (including phenoxy) is 2. The Morgan fingerprint density at radius 3 is 2.58 bits per heavy atom. The number of amides is 1. The van der Waals surface area contributed by atoms with Crippen molar-refractivity contribution in [1.82, 2.24) is 4.98 Å². The number of aryl methyl sites for hydroxylation is 1. The molecule has 162 valence electrons. The monoisotopic (exact) mass is 459 g/mol. The minimum absolute atomic E-state index is 0.100. The van der Waals surface area contributed by atoms with E-state index in [1.54, 1.807) is 29.5 Å². The van der Waals surface area contributed by atoms with Crippen LogP contribution in [0.2, 0.25) is 0 Å². The lowest BCUT2D eigenvalue weighted by Crippen LogP contribution is -2.15. The van der Waals surface area contributed by atoms with E-state index < -0.39 is 15.9 Å². The quantitative estimate of drug-likeness (QED) is 0.499. The maximum atomic E-state index is 12.2. The second kappa shape index (κ2) is 9.73. The van der Waals surface area contributed by atoms with Crippen molar-refractivity contribution >= 4 is 39.0 Å². The van der Waals surface area contributed by atoms with Gasteiger partial charge in [-0.15, -0.1) is 11.3 Å². The van der Waals surface area contributed by atoms with Gasteiger partial charge in [-0.25, -0.2) is 18.5 Å². The van der Waals surface area contributed by atoms with Crippen molar-refractivity contribution in [2.24, 2.45) is 5.14 Å². The Bertz CT molecular complexity index is 1200. The molecule has 0 unspecified atom stereocenters. The molecule has 2 aromatic carbocycles. The van der Waals surface area contributed by atoms with Crippen LogP contribution in [0, 0.1) is 6.92 Å². The molecule has 8 nitrogen and oxygen atoms in total. The zero-order valence-electron chi connectivity index (χ0n) is 16.9. The van der Waals surface area contributed by atoms with Gasteiger partial charge >= 0.3 is 0 Å². The maximum absolute atomic E-state index is 12.2. The summed E-state index contributed by atoms with van der Waals surface area (Å²) in [7, 11) is -2.66. The molecule has 3 rings (SSSR count). The number of carbonyl (C=O) groups is 1. The van der Waals surface area contributed by atoms with E-state index in [4.69, 9.17) is 14.6 Å². The molecule has 0 aliphatic heterocycles. The number of hydrogen-bond acceptors (Lipinski definition) is 7. The van der Waals surface area contributed by atoms with E-state index in [1.807, 2.05) is 24.4 Å². The number of nitrogens with zero attached hydrogens (tertiary/aromatic N) is 1. The smallest absolute Gasteiger partial charge is 0.248 e. The third-order valence-corrected chi connectivity index (χ3v) is 5.85. The number of hydrogen-bond donors (Lipinski definition) is 2. The van der Waals surface area contributed by atoms with Crippen molar-refractivity contribution in [3.05, 3.63) is 70.2 Å². The van der Waals surface area contributed by atoms with Crippen molar-refractivity contribution in [2.45, 2.75) is 18.4 Å². The molecule has 3 N–H and O–H groups in total. The van der Waals surface area contributed by atoms with Gasteiger partial charge in [0.1, 0.15) is 23.0 Å². The van der Waals surface area contributed by atoms with Crippen molar-refractivity contribution in [3.8, 4) is 11.5 Å². The van der Waals surface area contributed by atoms with E-state index >= 15 is 0 Å². The Kier molecular flexibility index (Phi) is 7.06. The summed E-state index contributed by atoms with van der Waals surface area (Å²) in [5, 5.41) is 10.7. The van der Waals surface area contributed by atoms with Gasteiger partial charge in [0.25, 0.3) is 0 Å². The number of methoxy groups -OCH3 is 1. The van der Waals surface area contributed by atoms with Gasteiger partial charge in [0.15, 0.2) is 0 Å². The fourth-order valence-electron chi connectivity index (χ4n) is 2.64. The van der Waals surface area contributed by atoms with Gasteiger partial charge in [-0.3, -0.25) is 4.79 Å². The number of benzene rings is 2. The number of primary sulfonamides is 1. The van der Waals surface area contributed by atoms with Crippen LogP contribution in [0.25, 0.3) is 6.08 Å². The summed E-state index contributed by atoms with van der Waals surface area (Å²) in [6.45, 7) is 2.34. The lowest BCUT2D eigenvalue weighted by Gasteiger charge is -2.09. The van der Waals surface area contributed by atoms with Gasteiger partial charge in [-0.2, -0.15) is 0 Å². The summed E-state index contributed by atoms with van der Waals surface area (Å²) < 4.78 is 34.0. The summed E-state index contributed by atoms with van der Waals surface area (Å²) >= 11 is 1.58. The van der Waals surface area contributed by atoms with Gasteiger partial charge < -0.3 is 14.8 Å². The Balaban J connectivity index is 1.59. The van der Waals surface area contributed by atoms with E-state index in [-0.39, 0.29) is 16.3 Å². The molecular weight excluding hydrogens is 438 g/mol. The third kappa shape index (κ3) is 6.38. The summed E-state index contributed by atoms with van der Waals surface area (Å²) in [6, 6.07) is 11.4. The van der Waals surface area contributed by atoms with E-state index in [1.165, 1.54) is 31.4 Å². The number of nitrogens with two attached hydrogens (primary N) is 1. The lowest BCUT2D eigenvalue weighted by atomic mass is 10.2. The topological polar surface area (TPSA) is 121 Å². The van der Waals surface area contributed by atoms with Crippen LogP contribution < -0.4 is 19.9 Å². The zero-order chi connectivity index (χ0) is 22.4. The van der Waals surface area contributed by atoms with Gasteiger partial charge in [0.2, 0.25) is 15.9 Å². The third-order valence-electron chi connectivity index (χ3n) is 4.10. The molecule has 3 aromatic rings. The number of thiazole rings is 1. The molecule has 1 heterocycles. The highest BCUT2D eigenvalue weighted by atomic mass is 32.2. The second-order valence-corrected chi connectivity index (χ2v) is 9.04. The average Bonchev–Trinajstić information content (AvgIpc) is 3.16. The Morgan fingerprint density at radius 1 is 1.23 bits per heavy atom. The first-order chi connectivity index (χ1) is 14.7. The summed E-state index contributed by atoms with van der Waals surface area (Å²) in [4.78, 5) is 16.3. The van der Waals surface area contributed by atoms with Crippen molar-refractivity contribution in [2.75, 3.05) is 12.4 Å². The molecule has 31 heavy (non-hydrogen) atoms. The number of carbonyl (C=O) groups excluding carboxylic acids is 1. The lowest BCUT2D eigenvalue weighted by molar-refractivity contribution is -0.111. The normalized spacial score (nSPS) is 11.5. The van der Waals surface area contributed by atoms with Crippen molar-refractivity contribution in [3.63, 3.8) is 0 Å². The summed E-state index contributed by atoms with van der Waals surface area (Å²) in [5.41, 5.74) is 1.96. The molecule has 0 saturated carbocycles. The van der Waals surface area contributed by atoms with Crippen molar-refractivity contribution in [1.29, 1.82) is 0 Å². The van der Waals surface area contributed by atoms with Crippen LogP contribution >= 0.6 is 11.3 Å². The standard InChI is InChI=1S/C21H21N3O5S2/c1-14-23-17(13-30-14)12-29-18-7-3-15(4-8-18)5-10-21(25)24-16-6-9-19(28-2)20(11-16)31(22,26)27/h3-11,13H,12H2,1-2H3,(H,24,25)(H2,22,26,27)/b10-5+. The summed E-state index contributed by atoms with van der Waals surface area (Å²) in [5.74, 6) is 0.369. The van der Waals surface area contributed by atoms with Crippen LogP contribution in [-0.4, -0.2) is 26.4 Å². The molecule has 0 aliphatic rings. The van der Waals surface area contributed by atoms with Gasteiger partial charge in [-0.05, 0) is 48.9 Å². The maximum Gasteiger partial charge on any atom is 0.248 e. The van der Waals surface area contributed by atoms with Crippen LogP contribution in [0.15, 0.2) is 58.8 Å². The van der Waals surface area contributed by atoms with Gasteiger partial charge in [-0.1, -0.05) is 12.1 Å². The molecule has 0 radical (unpaired) electrons. The van der Waals surface area contributed by atoms with E-state index in [0.29, 0.717) is 12.4 Å². The fraction of sp³-hybridized carbons (Fsp3) is 0.143. The Morgan fingerprint density at radius 2 is 1.97 bits per heavy atom. The van der Waals surface area contributed by atoms with E-state index in [9.17, 15) is 13.2 Å². The first-order valence-electron chi connectivity index (χ1n) is 9.08. The predicted octanol–water partition coefficient (Wildman–Crippen LogP) is 3.34. The van der Waals surface area contributed by atoms with E-state index in [0.717, 1.165) is 16.3 Å². The first-order valence-corrected chi connectivity index (χ1v) is 11.5. The van der Waals surface area contributed by atoms with Crippen molar-refractivity contribution < 1.29 is 22.7 Å². The Labute approximate surface area is 184 Å². The molecule has 0 bridgehead atoms. The molecule has 1 amide bonds. The number of sulfonamides is 1. The SMILES string of the molecule is COc1ccc(NC(=O)/C=C/c2ccc(OCc3csc(C)n3)cc2)cc1S(N)(=O)=O. The van der Waals surface area contributed by atoms with Crippen LogP contribution in [0.1, 0.15) is 16.3 Å². The van der Waals surface area contributed by atoms with Crippen LogP contribution in [0.4, 0.5) is 5.69 Å². The molecule has 1 aromatic heterocycles. The molecule has 0 fully saturated rings. The average molecular weight is 460 g/mol.